The first-order chi connectivity index (χ1) is 11.7. The van der Waals surface area contributed by atoms with E-state index in [2.05, 4.69) is 15.6 Å². The van der Waals surface area contributed by atoms with Gasteiger partial charge in [0.15, 0.2) is 0 Å². The van der Waals surface area contributed by atoms with Gasteiger partial charge in [-0.1, -0.05) is 12.1 Å². The molecule has 6 heteroatoms. The molecule has 24 heavy (non-hydrogen) atoms. The Morgan fingerprint density at radius 1 is 1.17 bits per heavy atom. The molecule has 0 saturated heterocycles. The number of anilines is 2. The zero-order valence-corrected chi connectivity index (χ0v) is 13.8. The van der Waals surface area contributed by atoms with Gasteiger partial charge in [-0.3, -0.25) is 4.79 Å². The topological polar surface area (TPSA) is 83.5 Å². The molecule has 1 aromatic carbocycles. The molecule has 2 rings (SSSR count). The third kappa shape index (κ3) is 5.24. The zero-order chi connectivity index (χ0) is 17.2. The van der Waals surface area contributed by atoms with Gasteiger partial charge < -0.3 is 20.5 Å². The number of unbranched alkanes of at least 4 members (excludes halogenated alkanes) is 2. The Morgan fingerprint density at radius 3 is 2.71 bits per heavy atom. The number of carbonyl (C=O) groups is 1. The van der Waals surface area contributed by atoms with Crippen LogP contribution in [0.3, 0.4) is 0 Å². The average Bonchev–Trinajstić information content (AvgIpc) is 2.63. The second-order valence-corrected chi connectivity index (χ2v) is 5.30. The summed E-state index contributed by atoms with van der Waals surface area (Å²) >= 11 is 0. The van der Waals surface area contributed by atoms with Gasteiger partial charge in [0.2, 0.25) is 0 Å². The molecule has 0 radical (unpaired) electrons. The summed E-state index contributed by atoms with van der Waals surface area (Å²) in [5.74, 6) is 1.05. The van der Waals surface area contributed by atoms with Crippen LogP contribution in [0.5, 0.6) is 5.75 Å². The zero-order valence-electron chi connectivity index (χ0n) is 13.8. The molecular formula is C18H23N3O3. The van der Waals surface area contributed by atoms with Crippen molar-refractivity contribution in [3.63, 3.8) is 0 Å². The number of rotatable bonds is 9. The number of carbonyl (C=O) groups excluding carboxylic acids is 1. The first-order valence-corrected chi connectivity index (χ1v) is 7.99. The van der Waals surface area contributed by atoms with E-state index in [-0.39, 0.29) is 12.5 Å². The molecular weight excluding hydrogens is 306 g/mol. The lowest BCUT2D eigenvalue weighted by molar-refractivity contribution is 0.102. The number of aliphatic hydroxyl groups excluding tert-OH is 1. The summed E-state index contributed by atoms with van der Waals surface area (Å²) in [5.41, 5.74) is 1.10. The first kappa shape index (κ1) is 17.7. The van der Waals surface area contributed by atoms with Crippen LogP contribution in [0.4, 0.5) is 11.5 Å². The van der Waals surface area contributed by atoms with Crippen molar-refractivity contribution >= 4 is 17.4 Å². The SMILES string of the molecule is COc1ccccc1C(=O)Nc1ccc(NCCCCCO)nc1. The van der Waals surface area contributed by atoms with Crippen molar-refractivity contribution in [2.24, 2.45) is 0 Å². The third-order valence-electron chi connectivity index (χ3n) is 3.51. The predicted octanol–water partition coefficient (Wildman–Crippen LogP) is 2.92. The molecule has 0 aliphatic carbocycles. The number of pyridine rings is 1. The van der Waals surface area contributed by atoms with Crippen LogP contribution >= 0.6 is 0 Å². The van der Waals surface area contributed by atoms with E-state index in [4.69, 9.17) is 9.84 Å². The molecule has 1 amide bonds. The van der Waals surface area contributed by atoms with Gasteiger partial charge in [-0.25, -0.2) is 4.98 Å². The molecule has 0 saturated carbocycles. The minimum absolute atomic E-state index is 0.235. The Morgan fingerprint density at radius 2 is 2.00 bits per heavy atom. The Kier molecular flexibility index (Phi) is 7.04. The molecule has 2 aromatic rings. The van der Waals surface area contributed by atoms with Crippen molar-refractivity contribution in [1.82, 2.24) is 4.98 Å². The number of ether oxygens (including phenoxy) is 1. The monoisotopic (exact) mass is 329 g/mol. The number of hydrogen-bond donors (Lipinski definition) is 3. The molecule has 0 unspecified atom stereocenters. The predicted molar refractivity (Wildman–Crippen MR) is 94.6 cm³/mol. The second kappa shape index (κ2) is 9.52. The number of aromatic nitrogens is 1. The fourth-order valence-corrected chi connectivity index (χ4v) is 2.23. The van der Waals surface area contributed by atoms with Crippen LogP contribution in [-0.4, -0.2) is 36.3 Å². The Balaban J connectivity index is 1.88. The fraction of sp³-hybridized carbons (Fsp3) is 0.333. The minimum atomic E-state index is -0.237. The van der Waals surface area contributed by atoms with Crippen LogP contribution in [-0.2, 0) is 0 Å². The normalized spacial score (nSPS) is 10.2. The number of para-hydroxylation sites is 1. The minimum Gasteiger partial charge on any atom is -0.496 e. The number of amides is 1. The Bertz CT molecular complexity index is 644. The van der Waals surface area contributed by atoms with E-state index in [1.807, 2.05) is 12.1 Å². The summed E-state index contributed by atoms with van der Waals surface area (Å²) in [5, 5.41) is 14.7. The molecule has 128 valence electrons. The maximum atomic E-state index is 12.3. The van der Waals surface area contributed by atoms with E-state index >= 15 is 0 Å². The molecule has 6 nitrogen and oxygen atoms in total. The van der Waals surface area contributed by atoms with E-state index in [9.17, 15) is 4.79 Å². The maximum Gasteiger partial charge on any atom is 0.259 e. The summed E-state index contributed by atoms with van der Waals surface area (Å²) in [6.45, 7) is 1.04. The quantitative estimate of drug-likeness (QED) is 0.616. The van der Waals surface area contributed by atoms with Crippen molar-refractivity contribution < 1.29 is 14.6 Å². The highest BCUT2D eigenvalue weighted by Gasteiger charge is 2.11. The van der Waals surface area contributed by atoms with Gasteiger partial charge in [-0.2, -0.15) is 0 Å². The van der Waals surface area contributed by atoms with Gasteiger partial charge in [-0.05, 0) is 43.5 Å². The van der Waals surface area contributed by atoms with Crippen LogP contribution in [0.1, 0.15) is 29.6 Å². The van der Waals surface area contributed by atoms with Gasteiger partial charge in [0.05, 0.1) is 24.6 Å². The maximum absolute atomic E-state index is 12.3. The summed E-state index contributed by atoms with van der Waals surface area (Å²) in [4.78, 5) is 16.6. The van der Waals surface area contributed by atoms with E-state index < -0.39 is 0 Å². The Labute approximate surface area is 141 Å². The van der Waals surface area contributed by atoms with Crippen molar-refractivity contribution in [3.05, 3.63) is 48.2 Å². The summed E-state index contributed by atoms with van der Waals surface area (Å²) in [7, 11) is 1.54. The summed E-state index contributed by atoms with van der Waals surface area (Å²) in [6, 6.07) is 10.7. The Hall–Kier alpha value is -2.60. The van der Waals surface area contributed by atoms with Crippen LogP contribution < -0.4 is 15.4 Å². The third-order valence-corrected chi connectivity index (χ3v) is 3.51. The van der Waals surface area contributed by atoms with E-state index in [0.717, 1.165) is 31.6 Å². The van der Waals surface area contributed by atoms with Crippen LogP contribution in [0.2, 0.25) is 0 Å². The van der Waals surface area contributed by atoms with Gasteiger partial charge in [0, 0.05) is 13.2 Å². The van der Waals surface area contributed by atoms with E-state index in [1.54, 1.807) is 30.5 Å². The second-order valence-electron chi connectivity index (χ2n) is 5.30. The van der Waals surface area contributed by atoms with Gasteiger partial charge in [0.25, 0.3) is 5.91 Å². The number of nitrogens with zero attached hydrogens (tertiary/aromatic N) is 1. The van der Waals surface area contributed by atoms with Gasteiger partial charge >= 0.3 is 0 Å². The highest BCUT2D eigenvalue weighted by molar-refractivity contribution is 6.06. The standard InChI is InChI=1S/C18H23N3O3/c1-24-16-8-4-3-7-15(16)18(23)21-14-9-10-17(20-13-14)19-11-5-2-6-12-22/h3-4,7-10,13,22H,2,5-6,11-12H2,1H3,(H,19,20)(H,21,23). The molecule has 1 heterocycles. The van der Waals surface area contributed by atoms with E-state index in [1.165, 1.54) is 7.11 Å². The van der Waals surface area contributed by atoms with E-state index in [0.29, 0.717) is 17.0 Å². The van der Waals surface area contributed by atoms with Crippen LogP contribution in [0.25, 0.3) is 0 Å². The van der Waals surface area contributed by atoms with Crippen molar-refractivity contribution in [3.8, 4) is 5.75 Å². The molecule has 0 spiro atoms. The highest BCUT2D eigenvalue weighted by Crippen LogP contribution is 2.19. The van der Waals surface area contributed by atoms with Crippen molar-refractivity contribution in [2.75, 3.05) is 30.9 Å². The molecule has 0 aliphatic heterocycles. The average molecular weight is 329 g/mol. The first-order valence-electron chi connectivity index (χ1n) is 7.99. The lowest BCUT2D eigenvalue weighted by Crippen LogP contribution is -2.13. The lowest BCUT2D eigenvalue weighted by Gasteiger charge is -2.10. The summed E-state index contributed by atoms with van der Waals surface area (Å²) in [6.07, 6.45) is 4.40. The summed E-state index contributed by atoms with van der Waals surface area (Å²) < 4.78 is 5.19. The van der Waals surface area contributed by atoms with Crippen molar-refractivity contribution in [1.29, 1.82) is 0 Å². The largest absolute Gasteiger partial charge is 0.496 e. The number of hydrogen-bond acceptors (Lipinski definition) is 5. The molecule has 0 atom stereocenters. The van der Waals surface area contributed by atoms with Crippen molar-refractivity contribution in [2.45, 2.75) is 19.3 Å². The highest BCUT2D eigenvalue weighted by atomic mass is 16.5. The number of methoxy groups -OCH3 is 1. The molecule has 3 N–H and O–H groups in total. The number of benzene rings is 1. The fourth-order valence-electron chi connectivity index (χ4n) is 2.23. The van der Waals surface area contributed by atoms with Crippen LogP contribution in [0.15, 0.2) is 42.6 Å². The molecule has 0 fully saturated rings. The van der Waals surface area contributed by atoms with Gasteiger partial charge in [0.1, 0.15) is 11.6 Å². The number of aliphatic hydroxyl groups is 1. The smallest absolute Gasteiger partial charge is 0.259 e. The van der Waals surface area contributed by atoms with Gasteiger partial charge in [-0.15, -0.1) is 0 Å². The van der Waals surface area contributed by atoms with Crippen LogP contribution in [0, 0.1) is 0 Å². The number of nitrogens with one attached hydrogen (secondary N) is 2. The molecule has 0 bridgehead atoms. The lowest BCUT2D eigenvalue weighted by atomic mass is 10.2. The molecule has 0 aliphatic rings. The molecule has 1 aromatic heterocycles.